The largest absolute Gasteiger partial charge is 0.481 e. The van der Waals surface area contributed by atoms with Gasteiger partial charge in [-0.3, -0.25) is 10.1 Å². The molecule has 20 heavy (non-hydrogen) atoms. The van der Waals surface area contributed by atoms with Gasteiger partial charge in [-0.1, -0.05) is 60.7 Å². The third-order valence-corrected chi connectivity index (χ3v) is 3.39. The van der Waals surface area contributed by atoms with Gasteiger partial charge < -0.3 is 10.2 Å². The number of rotatable bonds is 5. The minimum atomic E-state index is -1.67. The van der Waals surface area contributed by atoms with Gasteiger partial charge in [0, 0.05) is 0 Å². The van der Waals surface area contributed by atoms with Crippen LogP contribution in [-0.2, 0) is 10.5 Å². The Kier molecular flexibility index (Phi) is 4.17. The summed E-state index contributed by atoms with van der Waals surface area (Å²) in [5.74, 6) is -2.19. The van der Waals surface area contributed by atoms with Crippen molar-refractivity contribution < 1.29 is 15.0 Å². The second-order valence-electron chi connectivity index (χ2n) is 4.56. The van der Waals surface area contributed by atoms with Crippen molar-refractivity contribution in [3.63, 3.8) is 0 Å². The van der Waals surface area contributed by atoms with Gasteiger partial charge in [0.2, 0.25) is 0 Å². The topological polar surface area (TPSA) is 69.6 Å². The van der Waals surface area contributed by atoms with Crippen LogP contribution in [0.1, 0.15) is 17.0 Å². The van der Waals surface area contributed by atoms with Crippen LogP contribution in [0.15, 0.2) is 60.7 Å². The number of hydrogen-bond donors (Lipinski definition) is 3. The van der Waals surface area contributed by atoms with E-state index < -0.39 is 17.6 Å². The molecular weight excluding hydrogens is 254 g/mol. The number of aliphatic carboxylic acids is 1. The number of hydrogen-bond acceptors (Lipinski definition) is 3. The smallest absolute Gasteiger partial charge is 0.315 e. The molecule has 0 spiro atoms. The molecule has 4 heteroatoms. The second-order valence-corrected chi connectivity index (χ2v) is 4.56. The minimum absolute atomic E-state index is 0.513. The Bertz CT molecular complexity index is 571. The Morgan fingerprint density at radius 3 is 2.00 bits per heavy atom. The van der Waals surface area contributed by atoms with Crippen molar-refractivity contribution in [3.05, 3.63) is 71.8 Å². The van der Waals surface area contributed by atoms with E-state index in [9.17, 15) is 15.0 Å². The van der Waals surface area contributed by atoms with Gasteiger partial charge in [-0.05, 0) is 18.2 Å². The fourth-order valence-electron chi connectivity index (χ4n) is 2.36. The molecule has 104 valence electrons. The van der Waals surface area contributed by atoms with Crippen LogP contribution in [0, 0.1) is 0 Å². The molecule has 4 nitrogen and oxygen atoms in total. The number of benzene rings is 2. The molecular formula is C16H17NO3. The SMILES string of the molecule is CN[C@](O)(c1ccccc1)[C@@H](C(=O)O)c1ccccc1. The van der Waals surface area contributed by atoms with Gasteiger partial charge in [-0.2, -0.15) is 0 Å². The number of carboxylic acid groups (broad SMARTS) is 1. The van der Waals surface area contributed by atoms with Crippen molar-refractivity contribution in [2.45, 2.75) is 11.6 Å². The highest BCUT2D eigenvalue weighted by Crippen LogP contribution is 2.34. The highest BCUT2D eigenvalue weighted by atomic mass is 16.4. The van der Waals surface area contributed by atoms with E-state index in [4.69, 9.17) is 0 Å². The van der Waals surface area contributed by atoms with Crippen molar-refractivity contribution in [2.75, 3.05) is 7.05 Å². The summed E-state index contributed by atoms with van der Waals surface area (Å²) in [5, 5.41) is 23.2. The van der Waals surface area contributed by atoms with Crippen LogP contribution in [0.5, 0.6) is 0 Å². The van der Waals surface area contributed by atoms with Gasteiger partial charge in [0.05, 0.1) is 0 Å². The van der Waals surface area contributed by atoms with Gasteiger partial charge in [0.15, 0.2) is 5.72 Å². The molecule has 0 aliphatic rings. The first-order valence-electron chi connectivity index (χ1n) is 6.34. The fraction of sp³-hybridized carbons (Fsp3) is 0.188. The number of aliphatic hydroxyl groups is 1. The van der Waals surface area contributed by atoms with E-state index in [2.05, 4.69) is 5.32 Å². The lowest BCUT2D eigenvalue weighted by Gasteiger charge is -2.34. The van der Waals surface area contributed by atoms with E-state index in [1.807, 2.05) is 12.1 Å². The first kappa shape index (κ1) is 14.2. The first-order chi connectivity index (χ1) is 9.59. The van der Waals surface area contributed by atoms with Crippen LogP contribution in [0.3, 0.4) is 0 Å². The summed E-state index contributed by atoms with van der Waals surface area (Å²) in [6.45, 7) is 0. The van der Waals surface area contributed by atoms with Crippen LogP contribution in [0.4, 0.5) is 0 Å². The Morgan fingerprint density at radius 1 is 1.05 bits per heavy atom. The quantitative estimate of drug-likeness (QED) is 0.727. The highest BCUT2D eigenvalue weighted by molar-refractivity contribution is 5.78. The van der Waals surface area contributed by atoms with E-state index in [0.29, 0.717) is 11.1 Å². The molecule has 2 aromatic carbocycles. The van der Waals surface area contributed by atoms with Crippen molar-refractivity contribution in [1.82, 2.24) is 5.32 Å². The molecule has 0 fully saturated rings. The molecule has 0 amide bonds. The molecule has 0 aliphatic heterocycles. The summed E-state index contributed by atoms with van der Waals surface area (Å²) in [4.78, 5) is 11.7. The predicted octanol–water partition coefficient (Wildman–Crippen LogP) is 1.92. The zero-order valence-corrected chi connectivity index (χ0v) is 11.2. The van der Waals surface area contributed by atoms with E-state index in [-0.39, 0.29) is 0 Å². The summed E-state index contributed by atoms with van der Waals surface area (Å²) in [6.07, 6.45) is 0. The average Bonchev–Trinajstić information content (AvgIpc) is 2.49. The van der Waals surface area contributed by atoms with E-state index in [0.717, 1.165) is 0 Å². The van der Waals surface area contributed by atoms with E-state index in [1.54, 1.807) is 55.6 Å². The summed E-state index contributed by atoms with van der Waals surface area (Å²) < 4.78 is 0. The highest BCUT2D eigenvalue weighted by Gasteiger charge is 2.43. The monoisotopic (exact) mass is 271 g/mol. The van der Waals surface area contributed by atoms with Crippen LogP contribution in [0.2, 0.25) is 0 Å². The zero-order chi connectivity index (χ0) is 14.6. The first-order valence-corrected chi connectivity index (χ1v) is 6.34. The maximum atomic E-state index is 11.7. The van der Waals surface area contributed by atoms with E-state index in [1.165, 1.54) is 0 Å². The predicted molar refractivity (Wildman–Crippen MR) is 76.2 cm³/mol. The van der Waals surface area contributed by atoms with Gasteiger partial charge in [0.1, 0.15) is 5.92 Å². The zero-order valence-electron chi connectivity index (χ0n) is 11.2. The van der Waals surface area contributed by atoms with Crippen molar-refractivity contribution in [2.24, 2.45) is 0 Å². The van der Waals surface area contributed by atoms with Gasteiger partial charge in [0.25, 0.3) is 0 Å². The van der Waals surface area contributed by atoms with Crippen LogP contribution >= 0.6 is 0 Å². The Morgan fingerprint density at radius 2 is 1.55 bits per heavy atom. The standard InChI is InChI=1S/C16H17NO3/c1-17-16(20,13-10-6-3-7-11-13)14(15(18)19)12-8-4-2-5-9-12/h2-11,14,17,20H,1H3,(H,18,19)/t14-,16+/m1/s1. The summed E-state index contributed by atoms with van der Waals surface area (Å²) in [7, 11) is 1.55. The third-order valence-electron chi connectivity index (χ3n) is 3.39. The van der Waals surface area contributed by atoms with Crippen LogP contribution in [0.25, 0.3) is 0 Å². The minimum Gasteiger partial charge on any atom is -0.481 e. The number of carbonyl (C=O) groups is 1. The Hall–Kier alpha value is -2.17. The molecule has 0 bridgehead atoms. The Labute approximate surface area is 117 Å². The van der Waals surface area contributed by atoms with Gasteiger partial charge >= 0.3 is 5.97 Å². The molecule has 0 saturated carbocycles. The molecule has 0 aliphatic carbocycles. The molecule has 0 radical (unpaired) electrons. The summed E-state index contributed by atoms with van der Waals surface area (Å²) >= 11 is 0. The van der Waals surface area contributed by atoms with Gasteiger partial charge in [-0.15, -0.1) is 0 Å². The second kappa shape index (κ2) is 5.86. The molecule has 0 heterocycles. The lowest BCUT2D eigenvalue weighted by atomic mass is 9.83. The van der Waals surface area contributed by atoms with E-state index >= 15 is 0 Å². The van der Waals surface area contributed by atoms with Crippen molar-refractivity contribution in [1.29, 1.82) is 0 Å². The maximum absolute atomic E-state index is 11.7. The number of nitrogens with one attached hydrogen (secondary N) is 1. The lowest BCUT2D eigenvalue weighted by Crippen LogP contribution is -2.48. The third kappa shape index (κ3) is 2.57. The number of likely N-dealkylation sites (N-methyl/N-ethyl adjacent to an activating group) is 1. The molecule has 2 atom stereocenters. The van der Waals surface area contributed by atoms with Crippen molar-refractivity contribution in [3.8, 4) is 0 Å². The summed E-state index contributed by atoms with van der Waals surface area (Å²) in [6, 6.07) is 17.5. The number of carboxylic acids is 1. The van der Waals surface area contributed by atoms with Crippen LogP contribution < -0.4 is 5.32 Å². The maximum Gasteiger partial charge on any atom is 0.315 e. The molecule has 0 unspecified atom stereocenters. The average molecular weight is 271 g/mol. The van der Waals surface area contributed by atoms with Crippen molar-refractivity contribution >= 4 is 5.97 Å². The molecule has 2 aromatic rings. The lowest BCUT2D eigenvalue weighted by molar-refractivity contribution is -0.148. The molecule has 0 aromatic heterocycles. The van der Waals surface area contributed by atoms with Gasteiger partial charge in [-0.25, -0.2) is 0 Å². The normalized spacial score (nSPS) is 15.3. The summed E-state index contributed by atoms with van der Waals surface area (Å²) in [5.41, 5.74) is -0.617. The van der Waals surface area contributed by atoms with Crippen LogP contribution in [-0.4, -0.2) is 23.2 Å². The molecule has 0 saturated heterocycles. The molecule has 3 N–H and O–H groups in total. The molecule has 2 rings (SSSR count). The fourth-order valence-corrected chi connectivity index (χ4v) is 2.36. The Balaban J connectivity index is 2.54.